The number of carboxylic acids is 1. The number of amides is 1. The van der Waals surface area contributed by atoms with Crippen molar-refractivity contribution in [2.75, 3.05) is 19.8 Å². The molecule has 3 rings (SSSR count). The van der Waals surface area contributed by atoms with Crippen LogP contribution >= 0.6 is 0 Å². The second-order valence-corrected chi connectivity index (χ2v) is 8.83. The molecule has 172 valence electrons. The third-order valence-electron chi connectivity index (χ3n) is 5.77. The molecule has 1 saturated heterocycles. The van der Waals surface area contributed by atoms with Gasteiger partial charge in [-0.15, -0.1) is 0 Å². The minimum atomic E-state index is -0.974. The van der Waals surface area contributed by atoms with Gasteiger partial charge < -0.3 is 19.9 Å². The largest absolute Gasteiger partial charge is 0.492 e. The lowest BCUT2D eigenvalue weighted by atomic mass is 9.80. The maximum atomic E-state index is 13.5. The van der Waals surface area contributed by atoms with Gasteiger partial charge in [0.25, 0.3) is 0 Å². The molecule has 0 aliphatic carbocycles. The summed E-state index contributed by atoms with van der Waals surface area (Å²) in [6, 6.07) is 15.9. The molecule has 1 aliphatic rings. The van der Waals surface area contributed by atoms with Crippen LogP contribution in [0.5, 0.6) is 5.75 Å². The van der Waals surface area contributed by atoms with Gasteiger partial charge in [0, 0.05) is 19.6 Å². The smallest absolute Gasteiger partial charge is 0.335 e. The molecule has 32 heavy (non-hydrogen) atoms. The average molecular weight is 441 g/mol. The molecule has 0 aromatic heterocycles. The molecule has 1 heterocycles. The van der Waals surface area contributed by atoms with Crippen LogP contribution in [-0.2, 0) is 9.53 Å². The van der Waals surface area contributed by atoms with Gasteiger partial charge in [0.1, 0.15) is 17.9 Å². The molecule has 0 radical (unpaired) electrons. The number of benzene rings is 2. The summed E-state index contributed by atoms with van der Waals surface area (Å²) in [5.74, 6) is -0.277. The number of nitrogens with one attached hydrogen (secondary N) is 2. The van der Waals surface area contributed by atoms with E-state index in [-0.39, 0.29) is 17.5 Å². The van der Waals surface area contributed by atoms with Gasteiger partial charge in [-0.3, -0.25) is 10.1 Å². The molecule has 7 nitrogen and oxygen atoms in total. The summed E-state index contributed by atoms with van der Waals surface area (Å²) in [5, 5.41) is 15.6. The van der Waals surface area contributed by atoms with E-state index in [0.717, 1.165) is 11.3 Å². The van der Waals surface area contributed by atoms with Crippen molar-refractivity contribution in [1.82, 2.24) is 10.6 Å². The Balaban J connectivity index is 1.66. The van der Waals surface area contributed by atoms with Crippen LogP contribution in [0.1, 0.15) is 55.6 Å². The Kier molecular flexibility index (Phi) is 7.53. The van der Waals surface area contributed by atoms with Gasteiger partial charge in [-0.05, 0) is 57.0 Å². The van der Waals surface area contributed by atoms with E-state index in [9.17, 15) is 9.59 Å². The number of para-hydroxylation sites is 1. The number of carbonyl (C=O) groups excluding carboxylic acids is 1. The zero-order chi connectivity index (χ0) is 23.2. The Hall–Kier alpha value is -2.90. The van der Waals surface area contributed by atoms with Crippen molar-refractivity contribution < 1.29 is 24.2 Å². The van der Waals surface area contributed by atoms with Gasteiger partial charge in [-0.25, -0.2) is 4.79 Å². The molecule has 3 N–H and O–H groups in total. The van der Waals surface area contributed by atoms with Crippen LogP contribution in [0.4, 0.5) is 0 Å². The second kappa shape index (κ2) is 10.1. The van der Waals surface area contributed by atoms with Crippen LogP contribution in [0.2, 0.25) is 0 Å². The fourth-order valence-corrected chi connectivity index (χ4v) is 4.10. The topological polar surface area (TPSA) is 96.9 Å². The Morgan fingerprint density at radius 1 is 1.12 bits per heavy atom. The fourth-order valence-electron chi connectivity index (χ4n) is 4.10. The molecule has 2 aromatic carbocycles. The van der Waals surface area contributed by atoms with Crippen molar-refractivity contribution >= 4 is 11.9 Å². The minimum absolute atomic E-state index is 0.0941. The monoisotopic (exact) mass is 440 g/mol. The maximum absolute atomic E-state index is 13.5. The highest BCUT2D eigenvalue weighted by atomic mass is 16.5. The summed E-state index contributed by atoms with van der Waals surface area (Å²) < 4.78 is 11.6. The highest BCUT2D eigenvalue weighted by molar-refractivity contribution is 5.88. The average Bonchev–Trinajstić information content (AvgIpc) is 2.77. The maximum Gasteiger partial charge on any atom is 0.335 e. The molecule has 2 aromatic rings. The molecular weight excluding hydrogens is 408 g/mol. The molecule has 0 saturated carbocycles. The van der Waals surface area contributed by atoms with E-state index in [1.165, 1.54) is 0 Å². The Morgan fingerprint density at radius 3 is 2.44 bits per heavy atom. The summed E-state index contributed by atoms with van der Waals surface area (Å²) in [6.45, 7) is 7.31. The highest BCUT2D eigenvalue weighted by Crippen LogP contribution is 2.33. The van der Waals surface area contributed by atoms with Crippen molar-refractivity contribution in [3.05, 3.63) is 65.7 Å². The SMILES string of the molecule is C[C@H](NC(=O)C1(NCCOc2ccccc2)CCOC(C)(C)C1)c1ccc(C(=O)O)cc1. The Morgan fingerprint density at radius 2 is 1.81 bits per heavy atom. The van der Waals surface area contributed by atoms with Crippen molar-refractivity contribution in [3.8, 4) is 5.75 Å². The molecule has 7 heteroatoms. The lowest BCUT2D eigenvalue weighted by molar-refractivity contribution is -0.142. The highest BCUT2D eigenvalue weighted by Gasteiger charge is 2.46. The zero-order valence-corrected chi connectivity index (χ0v) is 18.9. The first-order valence-corrected chi connectivity index (χ1v) is 10.9. The fraction of sp³-hybridized carbons (Fsp3) is 0.440. The third kappa shape index (κ3) is 6.08. The van der Waals surface area contributed by atoms with Crippen LogP contribution in [0.15, 0.2) is 54.6 Å². The molecule has 1 unspecified atom stereocenters. The summed E-state index contributed by atoms with van der Waals surface area (Å²) in [4.78, 5) is 24.6. The quantitative estimate of drug-likeness (QED) is 0.516. The van der Waals surface area contributed by atoms with Gasteiger partial charge in [0.15, 0.2) is 0 Å². The predicted molar refractivity (Wildman–Crippen MR) is 122 cm³/mol. The Bertz CT molecular complexity index is 914. The minimum Gasteiger partial charge on any atom is -0.492 e. The van der Waals surface area contributed by atoms with E-state index < -0.39 is 17.1 Å². The van der Waals surface area contributed by atoms with Crippen LogP contribution < -0.4 is 15.4 Å². The summed E-state index contributed by atoms with van der Waals surface area (Å²) >= 11 is 0. The summed E-state index contributed by atoms with van der Waals surface area (Å²) in [6.07, 6.45) is 1.08. The normalized spacial score (nSPS) is 20.8. The van der Waals surface area contributed by atoms with E-state index in [1.54, 1.807) is 24.3 Å². The molecular formula is C25H32N2O5. The van der Waals surface area contributed by atoms with Gasteiger partial charge >= 0.3 is 5.97 Å². The molecule has 2 atom stereocenters. The number of ether oxygens (including phenoxy) is 2. The van der Waals surface area contributed by atoms with Crippen LogP contribution in [-0.4, -0.2) is 47.9 Å². The van der Waals surface area contributed by atoms with Gasteiger partial charge in [0.2, 0.25) is 5.91 Å². The van der Waals surface area contributed by atoms with Crippen molar-refractivity contribution in [2.24, 2.45) is 0 Å². The number of carboxylic acid groups (broad SMARTS) is 1. The van der Waals surface area contributed by atoms with Gasteiger partial charge in [-0.2, -0.15) is 0 Å². The van der Waals surface area contributed by atoms with Gasteiger partial charge in [-0.1, -0.05) is 30.3 Å². The van der Waals surface area contributed by atoms with Crippen molar-refractivity contribution in [1.29, 1.82) is 0 Å². The first kappa shape index (κ1) is 23.8. The molecule has 0 spiro atoms. The lowest BCUT2D eigenvalue weighted by Gasteiger charge is -2.44. The number of rotatable bonds is 9. The number of hydrogen-bond donors (Lipinski definition) is 3. The van der Waals surface area contributed by atoms with E-state index in [4.69, 9.17) is 14.6 Å². The third-order valence-corrected chi connectivity index (χ3v) is 5.77. The number of carbonyl (C=O) groups is 2. The van der Waals surface area contributed by atoms with Gasteiger partial charge in [0.05, 0.1) is 17.2 Å². The first-order valence-electron chi connectivity index (χ1n) is 10.9. The Labute approximate surface area is 189 Å². The second-order valence-electron chi connectivity index (χ2n) is 8.83. The predicted octanol–water partition coefficient (Wildman–Crippen LogP) is 3.56. The van der Waals surface area contributed by atoms with Crippen LogP contribution in [0, 0.1) is 0 Å². The number of hydrogen-bond acceptors (Lipinski definition) is 5. The molecule has 1 fully saturated rings. The molecule has 1 aliphatic heterocycles. The molecule has 1 amide bonds. The molecule has 0 bridgehead atoms. The lowest BCUT2D eigenvalue weighted by Crippen LogP contribution is -2.63. The van der Waals surface area contributed by atoms with E-state index in [1.807, 2.05) is 51.1 Å². The van der Waals surface area contributed by atoms with Crippen molar-refractivity contribution in [2.45, 2.75) is 50.8 Å². The van der Waals surface area contributed by atoms with E-state index >= 15 is 0 Å². The van der Waals surface area contributed by atoms with Crippen LogP contribution in [0.25, 0.3) is 0 Å². The first-order chi connectivity index (χ1) is 15.2. The zero-order valence-electron chi connectivity index (χ0n) is 18.9. The van der Waals surface area contributed by atoms with Crippen molar-refractivity contribution in [3.63, 3.8) is 0 Å². The standard InChI is InChI=1S/C25H32N2O5/c1-18(19-9-11-20(12-10-19)22(28)29)27-23(30)25(13-15-32-24(2,3)17-25)26-14-16-31-21-7-5-4-6-8-21/h4-12,18,26H,13-17H2,1-3H3,(H,27,30)(H,28,29)/t18-,25?/m0/s1. The number of aromatic carboxylic acids is 1. The summed E-state index contributed by atoms with van der Waals surface area (Å²) in [7, 11) is 0. The van der Waals surface area contributed by atoms with E-state index in [2.05, 4.69) is 10.6 Å². The van der Waals surface area contributed by atoms with E-state index in [0.29, 0.717) is 32.6 Å². The summed E-state index contributed by atoms with van der Waals surface area (Å²) in [5.41, 5.74) is -0.154. The van der Waals surface area contributed by atoms with Crippen LogP contribution in [0.3, 0.4) is 0 Å².